The third kappa shape index (κ3) is 4.94. The van der Waals surface area contributed by atoms with Gasteiger partial charge in [-0.1, -0.05) is 30.0 Å². The van der Waals surface area contributed by atoms with Crippen molar-refractivity contribution in [2.75, 3.05) is 24.3 Å². The van der Waals surface area contributed by atoms with Gasteiger partial charge in [0.1, 0.15) is 5.82 Å². The molecule has 30 heavy (non-hydrogen) atoms. The Balaban J connectivity index is 1.37. The molecule has 1 aliphatic heterocycles. The molecular weight excluding hydrogens is 400 g/mol. The quantitative estimate of drug-likeness (QED) is 0.609. The van der Waals surface area contributed by atoms with Crippen LogP contribution < -0.4 is 14.8 Å². The number of rotatable bonds is 6. The maximum Gasteiger partial charge on any atom is 0.234 e. The summed E-state index contributed by atoms with van der Waals surface area (Å²) in [7, 11) is 1.92. The first-order chi connectivity index (χ1) is 14.6. The highest BCUT2D eigenvalue weighted by atomic mass is 32.2. The predicted octanol–water partition coefficient (Wildman–Crippen LogP) is 3.61. The molecule has 8 heteroatoms. The summed E-state index contributed by atoms with van der Waals surface area (Å²) in [6, 6.07) is 13.7. The number of carbonyl (C=O) groups is 1. The van der Waals surface area contributed by atoms with Gasteiger partial charge in [-0.25, -0.2) is 0 Å². The van der Waals surface area contributed by atoms with Crippen LogP contribution in [0.1, 0.15) is 23.4 Å². The molecule has 0 spiro atoms. The van der Waals surface area contributed by atoms with Crippen LogP contribution in [0.2, 0.25) is 0 Å². The van der Waals surface area contributed by atoms with E-state index >= 15 is 0 Å². The van der Waals surface area contributed by atoms with Gasteiger partial charge in [0, 0.05) is 25.6 Å². The Morgan fingerprint density at radius 1 is 1.13 bits per heavy atom. The standard InChI is InChI=1S/C22H24N4O3S/c1-15-5-3-6-17(11-15)23-21(27)14-30-22-25-24-20(26(22)2)13-16-7-8-18-19(12-16)29-10-4-9-28-18/h3,5-8,11-12H,4,9-10,13-14H2,1-2H3,(H,23,27). The number of amides is 1. The van der Waals surface area contributed by atoms with E-state index in [2.05, 4.69) is 15.5 Å². The molecule has 0 aliphatic carbocycles. The van der Waals surface area contributed by atoms with Crippen LogP contribution in [-0.4, -0.2) is 39.6 Å². The molecule has 1 aromatic heterocycles. The zero-order valence-electron chi connectivity index (χ0n) is 17.1. The number of hydrogen-bond acceptors (Lipinski definition) is 6. The number of hydrogen-bond donors (Lipinski definition) is 1. The monoisotopic (exact) mass is 424 g/mol. The Morgan fingerprint density at radius 2 is 1.97 bits per heavy atom. The minimum Gasteiger partial charge on any atom is -0.490 e. The zero-order chi connectivity index (χ0) is 20.9. The molecule has 0 unspecified atom stereocenters. The second-order valence-corrected chi connectivity index (χ2v) is 8.11. The number of aromatic nitrogens is 3. The van der Waals surface area contributed by atoms with Gasteiger partial charge in [0.15, 0.2) is 16.7 Å². The summed E-state index contributed by atoms with van der Waals surface area (Å²) in [5.74, 6) is 2.58. The van der Waals surface area contributed by atoms with Crippen molar-refractivity contribution in [1.82, 2.24) is 14.8 Å². The zero-order valence-corrected chi connectivity index (χ0v) is 17.9. The number of fused-ring (bicyclic) bond motifs is 1. The summed E-state index contributed by atoms with van der Waals surface area (Å²) in [6.07, 6.45) is 1.50. The van der Waals surface area contributed by atoms with Crippen LogP contribution in [0.4, 0.5) is 5.69 Å². The fraction of sp³-hybridized carbons (Fsp3) is 0.318. The van der Waals surface area contributed by atoms with Crippen molar-refractivity contribution in [1.29, 1.82) is 0 Å². The highest BCUT2D eigenvalue weighted by molar-refractivity contribution is 7.99. The van der Waals surface area contributed by atoms with E-state index in [4.69, 9.17) is 9.47 Å². The molecule has 1 aliphatic rings. The van der Waals surface area contributed by atoms with E-state index in [9.17, 15) is 4.79 Å². The molecule has 156 valence electrons. The van der Waals surface area contributed by atoms with Crippen molar-refractivity contribution in [3.05, 3.63) is 59.4 Å². The third-order valence-electron chi connectivity index (χ3n) is 4.73. The lowest BCUT2D eigenvalue weighted by atomic mass is 10.1. The Morgan fingerprint density at radius 3 is 2.80 bits per heavy atom. The highest BCUT2D eigenvalue weighted by Crippen LogP contribution is 2.31. The van der Waals surface area contributed by atoms with Crippen LogP contribution >= 0.6 is 11.8 Å². The van der Waals surface area contributed by atoms with E-state index in [0.717, 1.165) is 40.6 Å². The van der Waals surface area contributed by atoms with Crippen LogP contribution in [0.15, 0.2) is 47.6 Å². The van der Waals surface area contributed by atoms with Crippen molar-refractivity contribution < 1.29 is 14.3 Å². The van der Waals surface area contributed by atoms with Gasteiger partial charge in [0.05, 0.1) is 19.0 Å². The Hall–Kier alpha value is -3.00. The van der Waals surface area contributed by atoms with E-state index in [1.165, 1.54) is 11.8 Å². The second-order valence-electron chi connectivity index (χ2n) is 7.17. The molecule has 0 bridgehead atoms. The van der Waals surface area contributed by atoms with Crippen LogP contribution in [0.25, 0.3) is 0 Å². The number of nitrogens with one attached hydrogen (secondary N) is 1. The van der Waals surface area contributed by atoms with Gasteiger partial charge in [0.2, 0.25) is 5.91 Å². The minimum absolute atomic E-state index is 0.0712. The topological polar surface area (TPSA) is 78.3 Å². The van der Waals surface area contributed by atoms with Crippen molar-refractivity contribution in [3.8, 4) is 11.5 Å². The normalized spacial score (nSPS) is 13.0. The molecular formula is C22H24N4O3S. The Kier molecular flexibility index (Phi) is 6.23. The lowest BCUT2D eigenvalue weighted by Crippen LogP contribution is -2.14. The highest BCUT2D eigenvalue weighted by Gasteiger charge is 2.15. The number of carbonyl (C=O) groups excluding carboxylic acids is 1. The van der Waals surface area contributed by atoms with E-state index in [1.807, 2.05) is 61.0 Å². The molecule has 2 aromatic carbocycles. The largest absolute Gasteiger partial charge is 0.490 e. The van der Waals surface area contributed by atoms with Crippen LogP contribution in [-0.2, 0) is 18.3 Å². The van der Waals surface area contributed by atoms with Gasteiger partial charge < -0.3 is 19.4 Å². The van der Waals surface area contributed by atoms with Crippen LogP contribution in [0.3, 0.4) is 0 Å². The number of benzene rings is 2. The van der Waals surface area contributed by atoms with Gasteiger partial charge in [-0.3, -0.25) is 4.79 Å². The number of anilines is 1. The number of nitrogens with zero attached hydrogens (tertiary/aromatic N) is 3. The van der Waals surface area contributed by atoms with Crippen molar-refractivity contribution in [2.24, 2.45) is 7.05 Å². The smallest absolute Gasteiger partial charge is 0.234 e. The maximum atomic E-state index is 12.3. The van der Waals surface area contributed by atoms with Gasteiger partial charge in [-0.05, 0) is 42.3 Å². The van der Waals surface area contributed by atoms with Gasteiger partial charge >= 0.3 is 0 Å². The third-order valence-corrected chi connectivity index (χ3v) is 5.75. The first-order valence-electron chi connectivity index (χ1n) is 9.84. The molecule has 0 saturated heterocycles. The van der Waals surface area contributed by atoms with Gasteiger partial charge in [-0.15, -0.1) is 10.2 Å². The summed E-state index contributed by atoms with van der Waals surface area (Å²) >= 11 is 1.37. The van der Waals surface area contributed by atoms with Crippen LogP contribution in [0.5, 0.6) is 11.5 Å². The van der Waals surface area contributed by atoms with Crippen molar-refractivity contribution in [2.45, 2.75) is 24.9 Å². The van der Waals surface area contributed by atoms with Crippen molar-refractivity contribution >= 4 is 23.4 Å². The fourth-order valence-electron chi connectivity index (χ4n) is 3.17. The summed E-state index contributed by atoms with van der Waals surface area (Å²) in [4.78, 5) is 12.3. The van der Waals surface area contributed by atoms with E-state index in [-0.39, 0.29) is 11.7 Å². The lowest BCUT2D eigenvalue weighted by Gasteiger charge is -2.09. The van der Waals surface area contributed by atoms with Gasteiger partial charge in [0.25, 0.3) is 0 Å². The molecule has 1 N–H and O–H groups in total. The molecule has 0 atom stereocenters. The molecule has 0 saturated carbocycles. The average molecular weight is 425 g/mol. The van der Waals surface area contributed by atoms with E-state index < -0.39 is 0 Å². The Labute approximate surface area is 179 Å². The first-order valence-corrected chi connectivity index (χ1v) is 10.8. The molecule has 2 heterocycles. The van der Waals surface area contributed by atoms with Crippen molar-refractivity contribution in [3.63, 3.8) is 0 Å². The van der Waals surface area contributed by atoms with E-state index in [1.54, 1.807) is 0 Å². The summed E-state index contributed by atoms with van der Waals surface area (Å²) in [6.45, 7) is 3.33. The average Bonchev–Trinajstić information content (AvgIpc) is 2.92. The van der Waals surface area contributed by atoms with Gasteiger partial charge in [-0.2, -0.15) is 0 Å². The summed E-state index contributed by atoms with van der Waals surface area (Å²) in [5.41, 5.74) is 2.98. The molecule has 4 rings (SSSR count). The summed E-state index contributed by atoms with van der Waals surface area (Å²) in [5, 5.41) is 12.2. The summed E-state index contributed by atoms with van der Waals surface area (Å²) < 4.78 is 13.4. The molecule has 0 fully saturated rings. The number of thioether (sulfide) groups is 1. The lowest BCUT2D eigenvalue weighted by molar-refractivity contribution is -0.113. The number of ether oxygens (including phenoxy) is 2. The molecule has 1 amide bonds. The maximum absolute atomic E-state index is 12.3. The number of aryl methyl sites for hydroxylation is 1. The molecule has 0 radical (unpaired) electrons. The molecule has 7 nitrogen and oxygen atoms in total. The second kappa shape index (κ2) is 9.21. The molecule has 3 aromatic rings. The SMILES string of the molecule is Cc1cccc(NC(=O)CSc2nnc(Cc3ccc4c(c3)OCCCO4)n2C)c1. The van der Waals surface area contributed by atoms with E-state index in [0.29, 0.717) is 24.8 Å². The fourth-order valence-corrected chi connectivity index (χ4v) is 3.90. The van der Waals surface area contributed by atoms with Crippen LogP contribution in [0, 0.1) is 6.92 Å². The Bertz CT molecular complexity index is 1050. The minimum atomic E-state index is -0.0712. The first kappa shape index (κ1) is 20.3. The predicted molar refractivity (Wildman–Crippen MR) is 116 cm³/mol.